The molecule has 0 aromatic heterocycles. The number of ether oxygens (including phenoxy) is 1. The number of carboxylic acid groups (broad SMARTS) is 1. The fourth-order valence-electron chi connectivity index (χ4n) is 1.44. The number of nitrogens with one attached hydrogen (secondary N) is 2. The normalized spacial score (nSPS) is 10.5. The number of methoxy groups -OCH3 is 1. The Labute approximate surface area is 109 Å². The van der Waals surface area contributed by atoms with E-state index in [0.29, 0.717) is 26.2 Å². The van der Waals surface area contributed by atoms with Crippen LogP contribution in [-0.2, 0) is 4.74 Å². The number of carboxylic acids is 1. The molecule has 5 nitrogen and oxygen atoms in total. The molecule has 0 fully saturated rings. The van der Waals surface area contributed by atoms with E-state index < -0.39 is 23.2 Å². The van der Waals surface area contributed by atoms with E-state index in [0.717, 1.165) is 6.07 Å². The highest BCUT2D eigenvalue weighted by atomic mass is 19.2. The molecule has 0 spiro atoms. The van der Waals surface area contributed by atoms with Crippen molar-refractivity contribution in [2.75, 3.05) is 38.7 Å². The lowest BCUT2D eigenvalue weighted by atomic mass is 10.2. The molecule has 1 aromatic rings. The Morgan fingerprint density at radius 1 is 1.26 bits per heavy atom. The van der Waals surface area contributed by atoms with Gasteiger partial charge in [0.2, 0.25) is 0 Å². The summed E-state index contributed by atoms with van der Waals surface area (Å²) < 4.78 is 31.7. The van der Waals surface area contributed by atoms with Crippen LogP contribution in [0, 0.1) is 11.6 Å². The van der Waals surface area contributed by atoms with Crippen molar-refractivity contribution in [1.29, 1.82) is 0 Å². The molecule has 0 amide bonds. The minimum absolute atomic E-state index is 0.0592. The summed E-state index contributed by atoms with van der Waals surface area (Å²) in [5.41, 5.74) is -0.739. The van der Waals surface area contributed by atoms with Crippen LogP contribution >= 0.6 is 0 Å². The van der Waals surface area contributed by atoms with Crippen LogP contribution in [0.1, 0.15) is 10.4 Å². The van der Waals surface area contributed by atoms with E-state index in [1.54, 1.807) is 7.11 Å². The molecule has 3 N–H and O–H groups in total. The van der Waals surface area contributed by atoms with E-state index in [4.69, 9.17) is 9.84 Å². The zero-order valence-corrected chi connectivity index (χ0v) is 10.5. The SMILES string of the molecule is COCCNCCNc1ccc(C(=O)O)c(F)c1F. The first kappa shape index (κ1) is 15.3. The Hall–Kier alpha value is -1.73. The standard InChI is InChI=1S/C12H16F2N2O3/c1-19-7-6-15-4-5-16-9-3-2-8(12(17)18)10(13)11(9)14/h2-3,15-16H,4-7H2,1H3,(H,17,18). The van der Waals surface area contributed by atoms with Crippen LogP contribution in [0.4, 0.5) is 14.5 Å². The maximum Gasteiger partial charge on any atom is 0.338 e. The van der Waals surface area contributed by atoms with Crippen LogP contribution < -0.4 is 10.6 Å². The highest BCUT2D eigenvalue weighted by molar-refractivity contribution is 5.88. The van der Waals surface area contributed by atoms with Crippen LogP contribution in [0.15, 0.2) is 12.1 Å². The smallest absolute Gasteiger partial charge is 0.338 e. The Kier molecular flexibility index (Phi) is 6.17. The first-order valence-corrected chi connectivity index (χ1v) is 5.72. The van der Waals surface area contributed by atoms with Gasteiger partial charge in [0.05, 0.1) is 17.9 Å². The van der Waals surface area contributed by atoms with Gasteiger partial charge in [0.25, 0.3) is 0 Å². The first-order valence-electron chi connectivity index (χ1n) is 5.72. The number of rotatable bonds is 8. The van der Waals surface area contributed by atoms with Crippen LogP contribution in [-0.4, -0.2) is 44.4 Å². The molecule has 0 radical (unpaired) electrons. The summed E-state index contributed by atoms with van der Waals surface area (Å²) in [5, 5.41) is 14.3. The van der Waals surface area contributed by atoms with E-state index in [1.807, 2.05) is 0 Å². The highest BCUT2D eigenvalue weighted by Crippen LogP contribution is 2.20. The van der Waals surface area contributed by atoms with Gasteiger partial charge in [0.1, 0.15) is 0 Å². The van der Waals surface area contributed by atoms with Gasteiger partial charge in [-0.25, -0.2) is 13.6 Å². The number of anilines is 1. The van der Waals surface area contributed by atoms with Crippen molar-refractivity contribution in [3.63, 3.8) is 0 Å². The third kappa shape index (κ3) is 4.46. The van der Waals surface area contributed by atoms with Gasteiger partial charge in [0, 0.05) is 26.7 Å². The van der Waals surface area contributed by atoms with Crippen LogP contribution in [0.3, 0.4) is 0 Å². The lowest BCUT2D eigenvalue weighted by molar-refractivity contribution is 0.0690. The van der Waals surface area contributed by atoms with Gasteiger partial charge in [-0.2, -0.15) is 0 Å². The molecule has 0 aliphatic carbocycles. The van der Waals surface area contributed by atoms with E-state index in [-0.39, 0.29) is 5.69 Å². The van der Waals surface area contributed by atoms with Crippen molar-refractivity contribution in [2.45, 2.75) is 0 Å². The van der Waals surface area contributed by atoms with E-state index in [1.165, 1.54) is 6.07 Å². The number of benzene rings is 1. The molecular formula is C12H16F2N2O3. The summed E-state index contributed by atoms with van der Waals surface area (Å²) in [5.74, 6) is -4.04. The van der Waals surface area contributed by atoms with Crippen molar-refractivity contribution in [1.82, 2.24) is 5.32 Å². The largest absolute Gasteiger partial charge is 0.478 e. The second-order valence-electron chi connectivity index (χ2n) is 3.76. The Bertz CT molecular complexity index is 441. The van der Waals surface area contributed by atoms with E-state index in [9.17, 15) is 13.6 Å². The maximum absolute atomic E-state index is 13.5. The molecule has 106 valence electrons. The quantitative estimate of drug-likeness (QED) is 0.624. The minimum atomic E-state index is -1.50. The average Bonchev–Trinajstić information content (AvgIpc) is 2.38. The zero-order valence-electron chi connectivity index (χ0n) is 10.5. The molecule has 0 saturated heterocycles. The summed E-state index contributed by atoms with van der Waals surface area (Å²) in [6.45, 7) is 2.15. The summed E-state index contributed by atoms with van der Waals surface area (Å²) in [6.07, 6.45) is 0. The molecule has 19 heavy (non-hydrogen) atoms. The number of hydrogen-bond acceptors (Lipinski definition) is 4. The molecule has 0 saturated carbocycles. The second kappa shape index (κ2) is 7.65. The number of hydrogen-bond donors (Lipinski definition) is 3. The van der Waals surface area contributed by atoms with Crippen molar-refractivity contribution in [3.05, 3.63) is 29.3 Å². The number of halogens is 2. The lowest BCUT2D eigenvalue weighted by Crippen LogP contribution is -2.25. The summed E-state index contributed by atoms with van der Waals surface area (Å²) in [6, 6.07) is 2.23. The third-order valence-electron chi connectivity index (χ3n) is 2.41. The molecule has 1 aromatic carbocycles. The predicted molar refractivity (Wildman–Crippen MR) is 66.6 cm³/mol. The number of aromatic carboxylic acids is 1. The average molecular weight is 274 g/mol. The molecule has 0 heterocycles. The van der Waals surface area contributed by atoms with E-state index in [2.05, 4.69) is 10.6 Å². The second-order valence-corrected chi connectivity index (χ2v) is 3.76. The van der Waals surface area contributed by atoms with Crippen molar-refractivity contribution in [3.8, 4) is 0 Å². The Balaban J connectivity index is 2.51. The van der Waals surface area contributed by atoms with Crippen LogP contribution in [0.25, 0.3) is 0 Å². The Morgan fingerprint density at radius 3 is 2.63 bits per heavy atom. The van der Waals surface area contributed by atoms with Crippen molar-refractivity contribution in [2.24, 2.45) is 0 Å². The molecule has 0 unspecified atom stereocenters. The first-order chi connectivity index (χ1) is 9.07. The summed E-state index contributed by atoms with van der Waals surface area (Å²) in [4.78, 5) is 10.6. The fourth-order valence-corrected chi connectivity index (χ4v) is 1.44. The van der Waals surface area contributed by atoms with Crippen LogP contribution in [0.5, 0.6) is 0 Å². The van der Waals surface area contributed by atoms with Crippen molar-refractivity contribution >= 4 is 11.7 Å². The molecule has 0 aliphatic rings. The Morgan fingerprint density at radius 2 is 2.00 bits per heavy atom. The highest BCUT2D eigenvalue weighted by Gasteiger charge is 2.17. The third-order valence-corrected chi connectivity index (χ3v) is 2.41. The number of carbonyl (C=O) groups is 1. The summed E-state index contributed by atoms with van der Waals surface area (Å²) >= 11 is 0. The fraction of sp³-hybridized carbons (Fsp3) is 0.417. The molecule has 1 rings (SSSR count). The molecule has 0 aliphatic heterocycles. The molecular weight excluding hydrogens is 258 g/mol. The minimum Gasteiger partial charge on any atom is -0.478 e. The monoisotopic (exact) mass is 274 g/mol. The maximum atomic E-state index is 13.5. The van der Waals surface area contributed by atoms with Gasteiger partial charge < -0.3 is 20.5 Å². The van der Waals surface area contributed by atoms with Crippen molar-refractivity contribution < 1.29 is 23.4 Å². The van der Waals surface area contributed by atoms with Gasteiger partial charge >= 0.3 is 5.97 Å². The molecule has 7 heteroatoms. The van der Waals surface area contributed by atoms with E-state index >= 15 is 0 Å². The van der Waals surface area contributed by atoms with Gasteiger partial charge in [-0.1, -0.05) is 0 Å². The van der Waals surface area contributed by atoms with Crippen LogP contribution in [0.2, 0.25) is 0 Å². The van der Waals surface area contributed by atoms with Gasteiger partial charge in [-0.15, -0.1) is 0 Å². The van der Waals surface area contributed by atoms with Gasteiger partial charge in [-0.05, 0) is 12.1 Å². The molecule has 0 bridgehead atoms. The summed E-state index contributed by atoms with van der Waals surface area (Å²) in [7, 11) is 1.59. The van der Waals surface area contributed by atoms with Gasteiger partial charge in [-0.3, -0.25) is 0 Å². The van der Waals surface area contributed by atoms with Gasteiger partial charge in [0.15, 0.2) is 11.6 Å². The molecule has 0 atom stereocenters. The predicted octanol–water partition coefficient (Wildman–Crippen LogP) is 1.31. The topological polar surface area (TPSA) is 70.6 Å². The lowest BCUT2D eigenvalue weighted by Gasteiger charge is -2.10. The zero-order chi connectivity index (χ0) is 14.3.